The van der Waals surface area contributed by atoms with Crippen LogP contribution in [0.3, 0.4) is 0 Å². The minimum atomic E-state index is -4.10. The number of nitrogens with one attached hydrogen (secondary N) is 1. The predicted octanol–water partition coefficient (Wildman–Crippen LogP) is 4.73. The van der Waals surface area contributed by atoms with E-state index in [1.165, 1.54) is 29.1 Å². The number of ether oxygens (including phenoxy) is 1. The molecule has 0 radical (unpaired) electrons. The average molecular weight is 499 g/mol. The second kappa shape index (κ2) is 10.6. The number of nitrogens with zero attached hydrogens (tertiary/aromatic N) is 1. The molecule has 6 nitrogen and oxygen atoms in total. The third kappa shape index (κ3) is 5.43. The molecule has 0 unspecified atom stereocenters. The Morgan fingerprint density at radius 3 is 2.59 bits per heavy atom. The molecule has 8 heteroatoms. The molecule has 0 aromatic heterocycles. The smallest absolute Gasteiger partial charge is 0.247 e. The van der Waals surface area contributed by atoms with Gasteiger partial charge in [-0.15, -0.1) is 0 Å². The van der Waals surface area contributed by atoms with Gasteiger partial charge in [0.25, 0.3) is 0 Å². The van der Waals surface area contributed by atoms with Crippen molar-refractivity contribution in [2.24, 2.45) is 0 Å². The van der Waals surface area contributed by atoms with Crippen molar-refractivity contribution < 1.29 is 17.9 Å². The van der Waals surface area contributed by atoms with Gasteiger partial charge >= 0.3 is 0 Å². The van der Waals surface area contributed by atoms with Gasteiger partial charge in [-0.3, -0.25) is 4.79 Å². The summed E-state index contributed by atoms with van der Waals surface area (Å²) in [6.45, 7) is -0.293. The van der Waals surface area contributed by atoms with Gasteiger partial charge in [0.15, 0.2) is 0 Å². The van der Waals surface area contributed by atoms with Crippen LogP contribution < -0.4 is 10.1 Å². The predicted molar refractivity (Wildman–Crippen MR) is 132 cm³/mol. The molecule has 1 aliphatic carbocycles. The van der Waals surface area contributed by atoms with E-state index in [0.717, 1.165) is 30.4 Å². The van der Waals surface area contributed by atoms with Crippen LogP contribution in [-0.2, 0) is 27.8 Å². The number of hydrogen-bond donors (Lipinski definition) is 1. The molecule has 0 saturated heterocycles. The van der Waals surface area contributed by atoms with Crippen molar-refractivity contribution in [3.05, 3.63) is 94.5 Å². The van der Waals surface area contributed by atoms with E-state index in [-0.39, 0.29) is 40.7 Å². The quantitative estimate of drug-likeness (QED) is 0.487. The number of benzene rings is 3. The van der Waals surface area contributed by atoms with Crippen molar-refractivity contribution in [1.82, 2.24) is 9.62 Å². The highest BCUT2D eigenvalue weighted by Crippen LogP contribution is 2.31. The zero-order chi connectivity index (χ0) is 24.1. The SMILES string of the molecule is COc1ccc(Cl)cc1S(=O)(=O)N(CC(=O)N[C@@H]1CCCc2ccccc21)Cc1ccccc1. The number of carbonyl (C=O) groups is 1. The summed E-state index contributed by atoms with van der Waals surface area (Å²) in [6, 6.07) is 21.5. The molecule has 1 atom stereocenters. The van der Waals surface area contributed by atoms with Gasteiger partial charge in [-0.2, -0.15) is 4.31 Å². The number of fused-ring (bicyclic) bond motifs is 1. The first-order valence-corrected chi connectivity index (χ1v) is 12.9. The Morgan fingerprint density at radius 1 is 1.09 bits per heavy atom. The molecule has 0 saturated carbocycles. The Kier molecular flexibility index (Phi) is 7.56. The summed E-state index contributed by atoms with van der Waals surface area (Å²) >= 11 is 6.11. The topological polar surface area (TPSA) is 75.7 Å². The lowest BCUT2D eigenvalue weighted by Gasteiger charge is -2.28. The monoisotopic (exact) mass is 498 g/mol. The highest BCUT2D eigenvalue weighted by Gasteiger charge is 2.31. The fraction of sp³-hybridized carbons (Fsp3) is 0.269. The molecule has 3 aromatic rings. The molecule has 3 aromatic carbocycles. The van der Waals surface area contributed by atoms with Crippen LogP contribution in [0, 0.1) is 0 Å². The van der Waals surface area contributed by atoms with Gasteiger partial charge in [-0.1, -0.05) is 66.2 Å². The van der Waals surface area contributed by atoms with Gasteiger partial charge in [-0.05, 0) is 54.2 Å². The second-order valence-corrected chi connectivity index (χ2v) is 10.6. The number of methoxy groups -OCH3 is 1. The standard InChI is InChI=1S/C26H27ClN2O4S/c1-33-24-15-14-21(27)16-25(24)34(31,32)29(17-19-8-3-2-4-9-19)18-26(30)28-23-13-7-11-20-10-5-6-12-22(20)23/h2-6,8-10,12,14-16,23H,7,11,13,17-18H2,1H3,(H,28,30)/t23-/m1/s1. The maximum absolute atomic E-state index is 13.7. The van der Waals surface area contributed by atoms with E-state index in [1.807, 2.05) is 48.5 Å². The summed E-state index contributed by atoms with van der Waals surface area (Å²) in [7, 11) is -2.70. The Labute approximate surface area is 205 Å². The lowest BCUT2D eigenvalue weighted by Crippen LogP contribution is -2.42. The van der Waals surface area contributed by atoms with Gasteiger partial charge in [0.2, 0.25) is 15.9 Å². The second-order valence-electron chi connectivity index (χ2n) is 8.27. The lowest BCUT2D eigenvalue weighted by molar-refractivity contribution is -0.122. The van der Waals surface area contributed by atoms with Crippen molar-refractivity contribution >= 4 is 27.5 Å². The highest BCUT2D eigenvalue weighted by atomic mass is 35.5. The highest BCUT2D eigenvalue weighted by molar-refractivity contribution is 7.89. The zero-order valence-electron chi connectivity index (χ0n) is 18.9. The number of aryl methyl sites for hydroxylation is 1. The van der Waals surface area contributed by atoms with E-state index in [1.54, 1.807) is 6.07 Å². The van der Waals surface area contributed by atoms with E-state index in [0.29, 0.717) is 0 Å². The maximum atomic E-state index is 13.7. The maximum Gasteiger partial charge on any atom is 0.247 e. The first-order chi connectivity index (χ1) is 16.4. The Hall–Kier alpha value is -2.87. The molecule has 0 spiro atoms. The first kappa shape index (κ1) is 24.3. The van der Waals surface area contributed by atoms with Crippen LogP contribution in [0.2, 0.25) is 5.02 Å². The van der Waals surface area contributed by atoms with Crippen LogP contribution in [0.1, 0.15) is 35.6 Å². The normalized spacial score (nSPS) is 15.6. The van der Waals surface area contributed by atoms with E-state index in [2.05, 4.69) is 11.4 Å². The summed E-state index contributed by atoms with van der Waals surface area (Å²) in [5.74, 6) is -0.189. The van der Waals surface area contributed by atoms with Gasteiger partial charge in [0, 0.05) is 11.6 Å². The number of halogens is 1. The third-order valence-corrected chi connectivity index (χ3v) is 8.02. The van der Waals surface area contributed by atoms with Crippen molar-refractivity contribution in [3.8, 4) is 5.75 Å². The largest absolute Gasteiger partial charge is 0.495 e. The Bertz CT molecular complexity index is 1260. The molecule has 178 valence electrons. The van der Waals surface area contributed by atoms with Gasteiger partial charge in [-0.25, -0.2) is 8.42 Å². The summed E-state index contributed by atoms with van der Waals surface area (Å²) < 4.78 is 33.9. The minimum absolute atomic E-state index is 0.0352. The fourth-order valence-electron chi connectivity index (χ4n) is 4.31. The number of carbonyl (C=O) groups excluding carboxylic acids is 1. The average Bonchev–Trinajstić information content (AvgIpc) is 2.84. The van der Waals surface area contributed by atoms with E-state index >= 15 is 0 Å². The zero-order valence-corrected chi connectivity index (χ0v) is 20.5. The molecule has 0 heterocycles. The molecule has 1 amide bonds. The van der Waals surface area contributed by atoms with Crippen molar-refractivity contribution in [2.45, 2.75) is 36.7 Å². The number of hydrogen-bond acceptors (Lipinski definition) is 4. The molecule has 0 fully saturated rings. The molecule has 0 bridgehead atoms. The molecule has 1 aliphatic rings. The summed E-state index contributed by atoms with van der Waals surface area (Å²) in [5, 5.41) is 3.32. The third-order valence-electron chi connectivity index (χ3n) is 5.97. The van der Waals surface area contributed by atoms with Gasteiger partial charge in [0.1, 0.15) is 10.6 Å². The van der Waals surface area contributed by atoms with Crippen LogP contribution >= 0.6 is 11.6 Å². The lowest BCUT2D eigenvalue weighted by atomic mass is 9.88. The van der Waals surface area contributed by atoms with Gasteiger partial charge < -0.3 is 10.1 Å². The molecule has 34 heavy (non-hydrogen) atoms. The van der Waals surface area contributed by atoms with Crippen LogP contribution in [0.5, 0.6) is 5.75 Å². The van der Waals surface area contributed by atoms with Crippen molar-refractivity contribution in [1.29, 1.82) is 0 Å². The summed E-state index contributed by atoms with van der Waals surface area (Å²) in [5.41, 5.74) is 3.08. The molecule has 4 rings (SSSR count). The molecule has 1 N–H and O–H groups in total. The van der Waals surface area contributed by atoms with Crippen molar-refractivity contribution in [3.63, 3.8) is 0 Å². The van der Waals surface area contributed by atoms with E-state index < -0.39 is 10.0 Å². The minimum Gasteiger partial charge on any atom is -0.495 e. The number of amides is 1. The first-order valence-electron chi connectivity index (χ1n) is 11.1. The number of rotatable bonds is 8. The summed E-state index contributed by atoms with van der Waals surface area (Å²) in [4.78, 5) is 13.1. The van der Waals surface area contributed by atoms with Gasteiger partial charge in [0.05, 0.1) is 19.7 Å². The molecule has 0 aliphatic heterocycles. The van der Waals surface area contributed by atoms with Crippen LogP contribution in [0.4, 0.5) is 0 Å². The van der Waals surface area contributed by atoms with E-state index in [4.69, 9.17) is 16.3 Å². The van der Waals surface area contributed by atoms with Crippen LogP contribution in [-0.4, -0.2) is 32.3 Å². The molecular weight excluding hydrogens is 472 g/mol. The number of sulfonamides is 1. The van der Waals surface area contributed by atoms with Crippen LogP contribution in [0.25, 0.3) is 0 Å². The van der Waals surface area contributed by atoms with E-state index in [9.17, 15) is 13.2 Å². The van der Waals surface area contributed by atoms with Crippen LogP contribution in [0.15, 0.2) is 77.7 Å². The fourth-order valence-corrected chi connectivity index (χ4v) is 6.11. The Balaban J connectivity index is 1.62. The van der Waals surface area contributed by atoms with Crippen molar-refractivity contribution in [2.75, 3.05) is 13.7 Å². The molecular formula is C26H27ClN2O4S. The summed E-state index contributed by atoms with van der Waals surface area (Å²) in [6.07, 6.45) is 2.76. The Morgan fingerprint density at radius 2 is 1.82 bits per heavy atom.